The Morgan fingerprint density at radius 1 is 1.03 bits per heavy atom. The van der Waals surface area contributed by atoms with Crippen LogP contribution in [0.5, 0.6) is 11.5 Å². The van der Waals surface area contributed by atoms with Crippen LogP contribution in [0.15, 0.2) is 48.7 Å². The zero-order valence-corrected chi connectivity index (χ0v) is 18.0. The molecule has 3 aromatic rings. The molecule has 0 aliphatic carbocycles. The summed E-state index contributed by atoms with van der Waals surface area (Å²) in [6, 6.07) is 13.0. The molecule has 0 aliphatic rings. The standard InChI is InChI=1S/C24H29N3O4/c1-3-4-14-31-21-13-12-17(15-22(21)30-2)24(29)27-26-23(28)11-7-8-18-16-25-20-10-6-5-9-19(18)20/h5-6,9-10,12-13,15-16,25H,3-4,7-8,11,14H2,1-2H3,(H,26,28)(H,27,29). The Kier molecular flexibility index (Phi) is 7.92. The fraction of sp³-hybridized carbons (Fsp3) is 0.333. The van der Waals surface area contributed by atoms with E-state index in [-0.39, 0.29) is 5.91 Å². The average molecular weight is 424 g/mol. The summed E-state index contributed by atoms with van der Waals surface area (Å²) in [5, 5.41) is 1.17. The van der Waals surface area contributed by atoms with E-state index >= 15 is 0 Å². The number of hydrogen-bond acceptors (Lipinski definition) is 4. The van der Waals surface area contributed by atoms with Crippen molar-refractivity contribution in [1.29, 1.82) is 0 Å². The lowest BCUT2D eigenvalue weighted by atomic mass is 10.1. The van der Waals surface area contributed by atoms with Gasteiger partial charge in [-0.05, 0) is 49.1 Å². The molecule has 0 atom stereocenters. The third-order valence-corrected chi connectivity index (χ3v) is 5.02. The highest BCUT2D eigenvalue weighted by atomic mass is 16.5. The van der Waals surface area contributed by atoms with E-state index in [1.165, 1.54) is 18.1 Å². The van der Waals surface area contributed by atoms with Crippen molar-refractivity contribution < 1.29 is 19.1 Å². The number of carbonyl (C=O) groups excluding carboxylic acids is 2. The summed E-state index contributed by atoms with van der Waals surface area (Å²) in [5.74, 6) is 0.422. The minimum Gasteiger partial charge on any atom is -0.493 e. The van der Waals surface area contributed by atoms with Crippen LogP contribution in [0.25, 0.3) is 10.9 Å². The van der Waals surface area contributed by atoms with Gasteiger partial charge in [0.25, 0.3) is 5.91 Å². The number of aryl methyl sites for hydroxylation is 1. The van der Waals surface area contributed by atoms with Gasteiger partial charge in [-0.15, -0.1) is 0 Å². The van der Waals surface area contributed by atoms with Crippen LogP contribution >= 0.6 is 0 Å². The third kappa shape index (κ3) is 6.01. The van der Waals surface area contributed by atoms with Gasteiger partial charge >= 0.3 is 0 Å². The lowest BCUT2D eigenvalue weighted by Crippen LogP contribution is -2.41. The quantitative estimate of drug-likeness (QED) is 0.338. The number of rotatable bonds is 10. The topological polar surface area (TPSA) is 92.5 Å². The van der Waals surface area contributed by atoms with Crippen molar-refractivity contribution in [2.45, 2.75) is 39.0 Å². The molecule has 0 radical (unpaired) electrons. The summed E-state index contributed by atoms with van der Waals surface area (Å²) in [7, 11) is 1.53. The van der Waals surface area contributed by atoms with Crippen LogP contribution in [0.4, 0.5) is 0 Å². The van der Waals surface area contributed by atoms with Gasteiger partial charge in [0.05, 0.1) is 13.7 Å². The van der Waals surface area contributed by atoms with Crippen molar-refractivity contribution in [2.24, 2.45) is 0 Å². The molecule has 1 aromatic heterocycles. The van der Waals surface area contributed by atoms with Crippen molar-refractivity contribution in [3.63, 3.8) is 0 Å². The molecule has 0 fully saturated rings. The van der Waals surface area contributed by atoms with Crippen LogP contribution in [-0.4, -0.2) is 30.5 Å². The lowest BCUT2D eigenvalue weighted by molar-refractivity contribution is -0.121. The first-order valence-corrected chi connectivity index (χ1v) is 10.6. The molecule has 164 valence electrons. The number of hydrazine groups is 1. The van der Waals surface area contributed by atoms with Gasteiger partial charge in [0, 0.05) is 29.1 Å². The number of nitrogens with one attached hydrogen (secondary N) is 3. The number of carbonyl (C=O) groups is 2. The number of aromatic nitrogens is 1. The molecule has 0 aliphatic heterocycles. The SMILES string of the molecule is CCCCOc1ccc(C(=O)NNC(=O)CCCc2c[nH]c3ccccc23)cc1OC. The molecular formula is C24H29N3O4. The normalized spacial score (nSPS) is 10.6. The van der Waals surface area contributed by atoms with Crippen LogP contribution in [0.1, 0.15) is 48.5 Å². The summed E-state index contributed by atoms with van der Waals surface area (Å²) >= 11 is 0. The predicted molar refractivity (Wildman–Crippen MR) is 120 cm³/mol. The minimum atomic E-state index is -0.414. The highest BCUT2D eigenvalue weighted by molar-refractivity contribution is 5.96. The zero-order valence-electron chi connectivity index (χ0n) is 18.0. The van der Waals surface area contributed by atoms with Crippen LogP contribution in [0, 0.1) is 0 Å². The van der Waals surface area contributed by atoms with E-state index in [2.05, 4.69) is 28.8 Å². The van der Waals surface area contributed by atoms with E-state index in [9.17, 15) is 9.59 Å². The Hall–Kier alpha value is -3.48. The van der Waals surface area contributed by atoms with Gasteiger partial charge < -0.3 is 14.5 Å². The predicted octanol–water partition coefficient (Wildman–Crippen LogP) is 4.14. The summed E-state index contributed by atoms with van der Waals surface area (Å²) in [6.45, 7) is 2.68. The minimum absolute atomic E-state index is 0.236. The summed E-state index contributed by atoms with van der Waals surface area (Å²) in [4.78, 5) is 27.7. The molecule has 0 unspecified atom stereocenters. The van der Waals surface area contributed by atoms with E-state index in [0.717, 1.165) is 24.8 Å². The lowest BCUT2D eigenvalue weighted by Gasteiger charge is -2.12. The second-order valence-electron chi connectivity index (χ2n) is 7.28. The maximum absolute atomic E-state index is 12.4. The fourth-order valence-corrected chi connectivity index (χ4v) is 3.29. The number of para-hydroxylation sites is 1. The van der Waals surface area contributed by atoms with Crippen LogP contribution in [0.3, 0.4) is 0 Å². The van der Waals surface area contributed by atoms with Gasteiger partial charge in [0.1, 0.15) is 0 Å². The largest absolute Gasteiger partial charge is 0.493 e. The van der Waals surface area contributed by atoms with E-state index in [4.69, 9.17) is 9.47 Å². The second kappa shape index (κ2) is 11.1. The number of methoxy groups -OCH3 is 1. The molecule has 0 saturated heterocycles. The van der Waals surface area contributed by atoms with Gasteiger partial charge in [-0.3, -0.25) is 20.4 Å². The van der Waals surface area contributed by atoms with Crippen LogP contribution in [0.2, 0.25) is 0 Å². The molecule has 0 saturated carbocycles. The van der Waals surface area contributed by atoms with E-state index in [0.29, 0.717) is 36.5 Å². The van der Waals surface area contributed by atoms with Crippen molar-refractivity contribution in [3.8, 4) is 11.5 Å². The molecule has 0 spiro atoms. The Morgan fingerprint density at radius 2 is 1.87 bits per heavy atom. The molecule has 2 amide bonds. The maximum Gasteiger partial charge on any atom is 0.269 e. The monoisotopic (exact) mass is 423 g/mol. The number of amides is 2. The Labute approximate surface area is 182 Å². The van der Waals surface area contributed by atoms with Gasteiger partial charge in [-0.25, -0.2) is 0 Å². The summed E-state index contributed by atoms with van der Waals surface area (Å²) in [5.41, 5.74) is 7.57. The smallest absolute Gasteiger partial charge is 0.269 e. The van der Waals surface area contributed by atoms with Crippen molar-refractivity contribution in [2.75, 3.05) is 13.7 Å². The highest BCUT2D eigenvalue weighted by Crippen LogP contribution is 2.28. The number of ether oxygens (including phenoxy) is 2. The van der Waals surface area contributed by atoms with Crippen molar-refractivity contribution in [3.05, 3.63) is 59.8 Å². The molecular weight excluding hydrogens is 394 g/mol. The van der Waals surface area contributed by atoms with E-state index in [1.807, 2.05) is 24.4 Å². The number of H-pyrrole nitrogens is 1. The van der Waals surface area contributed by atoms with Crippen LogP contribution < -0.4 is 20.3 Å². The second-order valence-corrected chi connectivity index (χ2v) is 7.28. The third-order valence-electron chi connectivity index (χ3n) is 5.02. The van der Waals surface area contributed by atoms with Gasteiger partial charge in [-0.2, -0.15) is 0 Å². The first-order chi connectivity index (χ1) is 15.1. The van der Waals surface area contributed by atoms with E-state index < -0.39 is 5.91 Å². The Balaban J connectivity index is 1.45. The van der Waals surface area contributed by atoms with Gasteiger partial charge in [0.2, 0.25) is 5.91 Å². The molecule has 2 aromatic carbocycles. The van der Waals surface area contributed by atoms with Crippen molar-refractivity contribution >= 4 is 22.7 Å². The highest BCUT2D eigenvalue weighted by Gasteiger charge is 2.12. The molecule has 31 heavy (non-hydrogen) atoms. The average Bonchev–Trinajstić information content (AvgIpc) is 3.21. The number of fused-ring (bicyclic) bond motifs is 1. The molecule has 7 nitrogen and oxygen atoms in total. The van der Waals surface area contributed by atoms with Crippen LogP contribution in [-0.2, 0) is 11.2 Å². The molecule has 3 rings (SSSR count). The first-order valence-electron chi connectivity index (χ1n) is 10.6. The number of aromatic amines is 1. The van der Waals surface area contributed by atoms with E-state index in [1.54, 1.807) is 18.2 Å². The molecule has 7 heteroatoms. The number of benzene rings is 2. The Bertz CT molecular complexity index is 1030. The number of unbranched alkanes of at least 4 members (excludes halogenated alkanes) is 1. The molecule has 0 bridgehead atoms. The number of hydrogen-bond donors (Lipinski definition) is 3. The zero-order chi connectivity index (χ0) is 22.1. The molecule has 1 heterocycles. The summed E-state index contributed by atoms with van der Waals surface area (Å²) in [6.07, 6.45) is 5.73. The maximum atomic E-state index is 12.4. The molecule has 3 N–H and O–H groups in total. The summed E-state index contributed by atoms with van der Waals surface area (Å²) < 4.78 is 11.0. The van der Waals surface area contributed by atoms with Gasteiger partial charge in [0.15, 0.2) is 11.5 Å². The first kappa shape index (κ1) is 22.2. The van der Waals surface area contributed by atoms with Gasteiger partial charge in [-0.1, -0.05) is 31.5 Å². The fourth-order valence-electron chi connectivity index (χ4n) is 3.29. The van der Waals surface area contributed by atoms with Crippen molar-refractivity contribution in [1.82, 2.24) is 15.8 Å². The Morgan fingerprint density at radius 3 is 2.68 bits per heavy atom.